The zero-order valence-corrected chi connectivity index (χ0v) is 14.8. The van der Waals surface area contributed by atoms with Gasteiger partial charge in [-0.15, -0.1) is 0 Å². The van der Waals surface area contributed by atoms with Crippen LogP contribution in [-0.2, 0) is 11.2 Å². The van der Waals surface area contributed by atoms with Gasteiger partial charge in [-0.1, -0.05) is 12.1 Å². The van der Waals surface area contributed by atoms with E-state index in [4.69, 9.17) is 4.74 Å². The number of hydrogen-bond donors (Lipinski definition) is 2. The lowest BCUT2D eigenvalue weighted by Crippen LogP contribution is -2.31. The van der Waals surface area contributed by atoms with Crippen LogP contribution < -0.4 is 5.32 Å². The normalized spacial score (nSPS) is 13.0. The SMILES string of the molecule is CCOC(=O)c1ccc(-c2nccc(-c3cc4c([nH]3)CCNC4=O)n2)cc1. The summed E-state index contributed by atoms with van der Waals surface area (Å²) in [7, 11) is 0. The van der Waals surface area contributed by atoms with Crippen LogP contribution in [0, 0.1) is 0 Å². The van der Waals surface area contributed by atoms with Crippen molar-refractivity contribution in [2.75, 3.05) is 13.2 Å². The van der Waals surface area contributed by atoms with Crippen LogP contribution in [0.1, 0.15) is 33.3 Å². The number of esters is 1. The standard InChI is InChI=1S/C20H18N4O3/c1-2-27-20(26)13-5-3-12(4-6-13)18-21-9-8-16(24-18)17-11-14-15(23-17)7-10-22-19(14)25/h3-6,8-9,11,23H,2,7,10H2,1H3,(H,22,25). The molecule has 7 nitrogen and oxygen atoms in total. The molecule has 7 heteroatoms. The number of carbonyl (C=O) groups excluding carboxylic acids is 2. The second-order valence-electron chi connectivity index (χ2n) is 6.14. The second-order valence-corrected chi connectivity index (χ2v) is 6.14. The van der Waals surface area contributed by atoms with Crippen molar-refractivity contribution in [2.45, 2.75) is 13.3 Å². The van der Waals surface area contributed by atoms with Crippen LogP contribution in [0.3, 0.4) is 0 Å². The fraction of sp³-hybridized carbons (Fsp3) is 0.200. The lowest BCUT2D eigenvalue weighted by Gasteiger charge is -2.10. The van der Waals surface area contributed by atoms with E-state index in [0.29, 0.717) is 35.8 Å². The van der Waals surface area contributed by atoms with Crippen molar-refractivity contribution in [1.82, 2.24) is 20.3 Å². The highest BCUT2D eigenvalue weighted by molar-refractivity contribution is 5.97. The molecule has 27 heavy (non-hydrogen) atoms. The molecule has 0 saturated heterocycles. The summed E-state index contributed by atoms with van der Waals surface area (Å²) >= 11 is 0. The molecule has 0 saturated carbocycles. The number of carbonyl (C=O) groups is 2. The van der Waals surface area contributed by atoms with E-state index in [1.165, 1.54) is 0 Å². The van der Waals surface area contributed by atoms with Crippen molar-refractivity contribution in [3.05, 3.63) is 59.4 Å². The first kappa shape index (κ1) is 17.0. The molecule has 2 N–H and O–H groups in total. The Hall–Kier alpha value is -3.48. The molecule has 1 aliphatic rings. The maximum atomic E-state index is 12.0. The molecule has 0 atom stereocenters. The monoisotopic (exact) mass is 362 g/mol. The van der Waals surface area contributed by atoms with Crippen LogP contribution in [0.5, 0.6) is 0 Å². The second kappa shape index (κ2) is 7.03. The molecule has 2 aromatic heterocycles. The summed E-state index contributed by atoms with van der Waals surface area (Å²) in [5, 5.41) is 2.83. The first-order valence-corrected chi connectivity index (χ1v) is 8.77. The van der Waals surface area contributed by atoms with E-state index in [-0.39, 0.29) is 11.9 Å². The molecule has 4 rings (SSSR count). The predicted molar refractivity (Wildman–Crippen MR) is 99.2 cm³/mol. The Labute approximate surface area is 155 Å². The molecule has 3 heterocycles. The van der Waals surface area contributed by atoms with Gasteiger partial charge in [0.25, 0.3) is 5.91 Å². The summed E-state index contributed by atoms with van der Waals surface area (Å²) in [5.41, 5.74) is 4.35. The maximum absolute atomic E-state index is 12.0. The highest BCUT2D eigenvalue weighted by Crippen LogP contribution is 2.24. The van der Waals surface area contributed by atoms with Crippen molar-refractivity contribution < 1.29 is 14.3 Å². The van der Waals surface area contributed by atoms with E-state index in [9.17, 15) is 9.59 Å². The van der Waals surface area contributed by atoms with Crippen LogP contribution in [0.4, 0.5) is 0 Å². The van der Waals surface area contributed by atoms with E-state index in [0.717, 1.165) is 23.4 Å². The Kier molecular flexibility index (Phi) is 4.42. The summed E-state index contributed by atoms with van der Waals surface area (Å²) in [6.45, 7) is 2.74. The van der Waals surface area contributed by atoms with Gasteiger partial charge in [0.2, 0.25) is 0 Å². The van der Waals surface area contributed by atoms with Gasteiger partial charge in [0.05, 0.1) is 29.1 Å². The van der Waals surface area contributed by atoms with Gasteiger partial charge in [-0.2, -0.15) is 0 Å². The Balaban J connectivity index is 1.63. The number of benzene rings is 1. The number of amides is 1. The number of aromatic amines is 1. The van der Waals surface area contributed by atoms with Gasteiger partial charge in [0, 0.05) is 30.4 Å². The minimum absolute atomic E-state index is 0.0671. The zero-order valence-electron chi connectivity index (χ0n) is 14.8. The quantitative estimate of drug-likeness (QED) is 0.696. The fourth-order valence-corrected chi connectivity index (χ4v) is 3.05. The van der Waals surface area contributed by atoms with Gasteiger partial charge in [-0.3, -0.25) is 4.79 Å². The first-order valence-electron chi connectivity index (χ1n) is 8.77. The van der Waals surface area contributed by atoms with E-state index in [1.54, 1.807) is 43.5 Å². The number of aromatic nitrogens is 3. The van der Waals surface area contributed by atoms with Gasteiger partial charge in [0.15, 0.2) is 5.82 Å². The molecule has 136 valence electrons. The van der Waals surface area contributed by atoms with Crippen molar-refractivity contribution >= 4 is 11.9 Å². The number of hydrogen-bond acceptors (Lipinski definition) is 5. The third-order valence-corrected chi connectivity index (χ3v) is 4.39. The number of ether oxygens (including phenoxy) is 1. The fourth-order valence-electron chi connectivity index (χ4n) is 3.05. The Bertz CT molecular complexity index is 1010. The predicted octanol–water partition coefficient (Wildman–Crippen LogP) is 2.60. The van der Waals surface area contributed by atoms with Crippen molar-refractivity contribution in [2.24, 2.45) is 0 Å². The van der Waals surface area contributed by atoms with Gasteiger partial charge in [-0.25, -0.2) is 14.8 Å². The lowest BCUT2D eigenvalue weighted by molar-refractivity contribution is 0.0526. The minimum Gasteiger partial charge on any atom is -0.462 e. The van der Waals surface area contributed by atoms with Crippen molar-refractivity contribution in [3.8, 4) is 22.8 Å². The molecule has 1 aliphatic heterocycles. The zero-order chi connectivity index (χ0) is 18.8. The molecule has 1 amide bonds. The summed E-state index contributed by atoms with van der Waals surface area (Å²) < 4.78 is 4.99. The highest BCUT2D eigenvalue weighted by Gasteiger charge is 2.20. The van der Waals surface area contributed by atoms with Crippen LogP contribution in [0.2, 0.25) is 0 Å². The summed E-state index contributed by atoms with van der Waals surface area (Å²) in [6.07, 6.45) is 2.45. The largest absolute Gasteiger partial charge is 0.462 e. The molecule has 0 bridgehead atoms. The number of nitrogens with zero attached hydrogens (tertiary/aromatic N) is 2. The van der Waals surface area contributed by atoms with Crippen LogP contribution in [-0.4, -0.2) is 40.0 Å². The molecule has 1 aromatic carbocycles. The molecule has 0 aliphatic carbocycles. The molecule has 0 fully saturated rings. The summed E-state index contributed by atoms with van der Waals surface area (Å²) in [5.74, 6) is 0.122. The van der Waals surface area contributed by atoms with E-state index < -0.39 is 0 Å². The lowest BCUT2D eigenvalue weighted by atomic mass is 10.1. The molecular formula is C20H18N4O3. The van der Waals surface area contributed by atoms with Crippen LogP contribution in [0.15, 0.2) is 42.6 Å². The summed E-state index contributed by atoms with van der Waals surface area (Å²) in [4.78, 5) is 35.9. The number of fused-ring (bicyclic) bond motifs is 1. The van der Waals surface area contributed by atoms with Crippen molar-refractivity contribution in [3.63, 3.8) is 0 Å². The Morgan fingerprint density at radius 3 is 2.78 bits per heavy atom. The molecule has 0 unspecified atom stereocenters. The number of nitrogens with one attached hydrogen (secondary N) is 2. The maximum Gasteiger partial charge on any atom is 0.338 e. The van der Waals surface area contributed by atoms with E-state index in [2.05, 4.69) is 20.3 Å². The molecule has 0 spiro atoms. The van der Waals surface area contributed by atoms with Gasteiger partial charge in [0.1, 0.15) is 0 Å². The third kappa shape index (κ3) is 3.31. The first-order chi connectivity index (χ1) is 13.2. The average molecular weight is 362 g/mol. The van der Waals surface area contributed by atoms with Crippen LogP contribution in [0.25, 0.3) is 22.8 Å². The van der Waals surface area contributed by atoms with E-state index >= 15 is 0 Å². The van der Waals surface area contributed by atoms with Crippen LogP contribution >= 0.6 is 0 Å². The van der Waals surface area contributed by atoms with Gasteiger partial charge >= 0.3 is 5.97 Å². The Morgan fingerprint density at radius 1 is 1.22 bits per heavy atom. The highest BCUT2D eigenvalue weighted by atomic mass is 16.5. The Morgan fingerprint density at radius 2 is 2.04 bits per heavy atom. The smallest absolute Gasteiger partial charge is 0.338 e. The van der Waals surface area contributed by atoms with Gasteiger partial charge in [-0.05, 0) is 31.2 Å². The number of rotatable bonds is 4. The topological polar surface area (TPSA) is 97.0 Å². The molecule has 0 radical (unpaired) electrons. The number of H-pyrrole nitrogens is 1. The van der Waals surface area contributed by atoms with Crippen molar-refractivity contribution in [1.29, 1.82) is 0 Å². The van der Waals surface area contributed by atoms with E-state index in [1.807, 2.05) is 6.07 Å². The average Bonchev–Trinajstić information content (AvgIpc) is 3.14. The van der Waals surface area contributed by atoms with Gasteiger partial charge < -0.3 is 15.0 Å². The third-order valence-electron chi connectivity index (χ3n) is 4.39. The summed E-state index contributed by atoms with van der Waals surface area (Å²) in [6, 6.07) is 10.6. The minimum atomic E-state index is -0.353. The molecule has 3 aromatic rings. The molecular weight excluding hydrogens is 344 g/mol.